The molecule has 1 rings (SSSR count). The van der Waals surface area contributed by atoms with Crippen molar-refractivity contribution in [2.75, 3.05) is 7.05 Å². The summed E-state index contributed by atoms with van der Waals surface area (Å²) in [4.78, 5) is 0. The highest BCUT2D eigenvalue weighted by atomic mass is 14.8. The highest BCUT2D eigenvalue weighted by Crippen LogP contribution is 2.46. The van der Waals surface area contributed by atoms with E-state index < -0.39 is 0 Å². The zero-order valence-electron chi connectivity index (χ0n) is 6.78. The van der Waals surface area contributed by atoms with Crippen molar-refractivity contribution in [1.29, 1.82) is 5.41 Å². The topological polar surface area (TPSA) is 35.9 Å². The van der Waals surface area contributed by atoms with Crippen LogP contribution in [0, 0.1) is 10.8 Å². The third-order valence-corrected chi connectivity index (χ3v) is 2.30. The summed E-state index contributed by atoms with van der Waals surface area (Å²) in [5.74, 6) is 0. The van der Waals surface area contributed by atoms with Crippen LogP contribution < -0.4 is 5.32 Å². The van der Waals surface area contributed by atoms with Crippen molar-refractivity contribution in [3.8, 4) is 0 Å². The summed E-state index contributed by atoms with van der Waals surface area (Å²) in [6.07, 6.45) is 2.92. The molecular weight excluding hydrogens is 124 g/mol. The van der Waals surface area contributed by atoms with E-state index in [4.69, 9.17) is 5.41 Å². The van der Waals surface area contributed by atoms with Crippen LogP contribution in [0.15, 0.2) is 11.8 Å². The summed E-state index contributed by atoms with van der Waals surface area (Å²) in [6.45, 7) is 4.18. The Morgan fingerprint density at radius 3 is 2.60 bits per heavy atom. The van der Waals surface area contributed by atoms with E-state index in [0.717, 1.165) is 12.1 Å². The molecule has 1 aliphatic rings. The van der Waals surface area contributed by atoms with Gasteiger partial charge in [0.15, 0.2) is 0 Å². The molecule has 1 unspecified atom stereocenters. The predicted molar refractivity (Wildman–Crippen MR) is 43.3 cm³/mol. The van der Waals surface area contributed by atoms with Gasteiger partial charge in [0.2, 0.25) is 0 Å². The quantitative estimate of drug-likeness (QED) is 0.596. The molecule has 2 N–H and O–H groups in total. The summed E-state index contributed by atoms with van der Waals surface area (Å²) in [5, 5.41) is 10.4. The third kappa shape index (κ3) is 0.939. The number of rotatable bonds is 2. The summed E-state index contributed by atoms with van der Waals surface area (Å²) < 4.78 is 0. The van der Waals surface area contributed by atoms with E-state index in [1.807, 2.05) is 13.2 Å². The molecule has 1 fully saturated rings. The molecule has 1 saturated carbocycles. The normalized spacial score (nSPS) is 32.3. The molecule has 2 heteroatoms. The Morgan fingerprint density at radius 1 is 1.80 bits per heavy atom. The minimum atomic E-state index is 0.100. The fourth-order valence-electron chi connectivity index (χ4n) is 1.06. The van der Waals surface area contributed by atoms with Crippen LogP contribution in [0.5, 0.6) is 0 Å². The Labute approximate surface area is 61.8 Å². The molecule has 0 saturated heterocycles. The van der Waals surface area contributed by atoms with Crippen molar-refractivity contribution in [1.82, 2.24) is 5.32 Å². The van der Waals surface area contributed by atoms with Gasteiger partial charge in [-0.3, -0.25) is 0 Å². The summed E-state index contributed by atoms with van der Waals surface area (Å²) in [6, 6.07) is 0. The summed E-state index contributed by atoms with van der Waals surface area (Å²) >= 11 is 0. The van der Waals surface area contributed by atoms with Gasteiger partial charge in [0, 0.05) is 24.6 Å². The molecule has 0 aliphatic heterocycles. The van der Waals surface area contributed by atoms with E-state index in [-0.39, 0.29) is 5.41 Å². The molecule has 0 aromatic heterocycles. The molecule has 0 radical (unpaired) electrons. The Kier molecular flexibility index (Phi) is 1.55. The van der Waals surface area contributed by atoms with Gasteiger partial charge in [-0.1, -0.05) is 6.92 Å². The maximum Gasteiger partial charge on any atom is 0.0327 e. The third-order valence-electron chi connectivity index (χ3n) is 2.30. The molecule has 0 bridgehead atoms. The van der Waals surface area contributed by atoms with Gasteiger partial charge < -0.3 is 10.7 Å². The van der Waals surface area contributed by atoms with Crippen LogP contribution in [0.25, 0.3) is 0 Å². The Morgan fingerprint density at radius 2 is 2.30 bits per heavy atom. The van der Waals surface area contributed by atoms with E-state index in [0.29, 0.717) is 0 Å². The van der Waals surface area contributed by atoms with Crippen molar-refractivity contribution in [2.24, 2.45) is 5.41 Å². The molecule has 0 heterocycles. The minimum Gasteiger partial charge on any atom is -0.394 e. The average Bonchev–Trinajstić information content (AvgIpc) is 2.43. The molecule has 0 amide bonds. The van der Waals surface area contributed by atoms with Crippen molar-refractivity contribution in [3.63, 3.8) is 0 Å². The number of hydrogen-bond acceptors (Lipinski definition) is 2. The maximum atomic E-state index is 7.41. The lowest BCUT2D eigenvalue weighted by Crippen LogP contribution is -2.04. The van der Waals surface area contributed by atoms with Crippen LogP contribution in [0.3, 0.4) is 0 Å². The number of allylic oxidation sites excluding steroid dienone is 1. The van der Waals surface area contributed by atoms with Crippen molar-refractivity contribution in [3.05, 3.63) is 11.8 Å². The minimum absolute atomic E-state index is 0.100. The first-order chi connectivity index (χ1) is 4.61. The Hall–Kier alpha value is -0.790. The summed E-state index contributed by atoms with van der Waals surface area (Å²) in [7, 11) is 1.89. The monoisotopic (exact) mass is 138 g/mol. The first kappa shape index (κ1) is 7.32. The first-order valence-electron chi connectivity index (χ1n) is 3.53. The molecule has 0 spiro atoms. The van der Waals surface area contributed by atoms with Gasteiger partial charge >= 0.3 is 0 Å². The second kappa shape index (κ2) is 2.11. The predicted octanol–water partition coefficient (Wildman–Crippen LogP) is 1.54. The zero-order chi connectivity index (χ0) is 7.78. The lowest BCUT2D eigenvalue weighted by atomic mass is 10.0. The largest absolute Gasteiger partial charge is 0.394 e. The van der Waals surface area contributed by atoms with Crippen LogP contribution in [0.4, 0.5) is 0 Å². The van der Waals surface area contributed by atoms with Crippen LogP contribution >= 0.6 is 0 Å². The highest BCUT2D eigenvalue weighted by molar-refractivity contribution is 6.05. The fourth-order valence-corrected chi connectivity index (χ4v) is 1.06. The van der Waals surface area contributed by atoms with Crippen molar-refractivity contribution < 1.29 is 0 Å². The fraction of sp³-hybridized carbons (Fsp3) is 0.625. The maximum absolute atomic E-state index is 7.41. The smallest absolute Gasteiger partial charge is 0.0327 e. The summed E-state index contributed by atoms with van der Waals surface area (Å²) in [5.41, 5.74) is 2.22. The second-order valence-corrected chi connectivity index (χ2v) is 3.10. The van der Waals surface area contributed by atoms with E-state index in [2.05, 4.69) is 19.2 Å². The number of nitrogens with one attached hydrogen (secondary N) is 2. The van der Waals surface area contributed by atoms with Crippen LogP contribution in [0.1, 0.15) is 20.3 Å². The van der Waals surface area contributed by atoms with Gasteiger partial charge in [-0.25, -0.2) is 0 Å². The van der Waals surface area contributed by atoms with Gasteiger partial charge in [0.05, 0.1) is 0 Å². The number of hydrogen-bond donors (Lipinski definition) is 2. The standard InChI is InChI=1S/C8H14N2/c1-6(5-10-3)8(2)4-7(8)9/h5,9-10H,4H2,1-3H3/b6-5-,9-7?. The lowest BCUT2D eigenvalue weighted by Gasteiger charge is -2.06. The molecule has 0 aromatic rings. The lowest BCUT2D eigenvalue weighted by molar-refractivity contribution is 0.730. The van der Waals surface area contributed by atoms with Crippen LogP contribution in [-0.2, 0) is 0 Å². The van der Waals surface area contributed by atoms with E-state index in [1.54, 1.807) is 0 Å². The Bertz CT molecular complexity index is 193. The molecule has 2 nitrogen and oxygen atoms in total. The van der Waals surface area contributed by atoms with Crippen LogP contribution in [0.2, 0.25) is 0 Å². The van der Waals surface area contributed by atoms with E-state index in [1.165, 1.54) is 5.57 Å². The first-order valence-corrected chi connectivity index (χ1v) is 3.53. The van der Waals surface area contributed by atoms with Gasteiger partial charge in [0.1, 0.15) is 0 Å². The van der Waals surface area contributed by atoms with Gasteiger partial charge in [-0.05, 0) is 18.7 Å². The highest BCUT2D eigenvalue weighted by Gasteiger charge is 2.46. The van der Waals surface area contributed by atoms with Gasteiger partial charge in [0.25, 0.3) is 0 Å². The van der Waals surface area contributed by atoms with Gasteiger partial charge in [-0.2, -0.15) is 0 Å². The van der Waals surface area contributed by atoms with E-state index >= 15 is 0 Å². The second-order valence-electron chi connectivity index (χ2n) is 3.10. The SMILES string of the molecule is CN/C=C(/C)C1(C)CC1=N. The zero-order valence-corrected chi connectivity index (χ0v) is 6.78. The molecule has 56 valence electrons. The molecule has 1 aliphatic carbocycles. The van der Waals surface area contributed by atoms with Crippen molar-refractivity contribution >= 4 is 5.71 Å². The molecule has 0 aromatic carbocycles. The van der Waals surface area contributed by atoms with Gasteiger partial charge in [-0.15, -0.1) is 0 Å². The van der Waals surface area contributed by atoms with E-state index in [9.17, 15) is 0 Å². The molecule has 1 atom stereocenters. The van der Waals surface area contributed by atoms with Crippen molar-refractivity contribution in [2.45, 2.75) is 20.3 Å². The Balaban J connectivity index is 2.67. The average molecular weight is 138 g/mol. The molecule has 10 heavy (non-hydrogen) atoms. The molecular formula is C8H14N2. The van der Waals surface area contributed by atoms with Crippen LogP contribution in [-0.4, -0.2) is 12.8 Å².